The highest BCUT2D eigenvalue weighted by atomic mass is 32.7. The van der Waals surface area contributed by atoms with Gasteiger partial charge in [0, 0.05) is 24.4 Å². The molecule has 3 N–H and O–H groups in total. The van der Waals surface area contributed by atoms with Crippen molar-refractivity contribution in [3.05, 3.63) is 31.4 Å². The molecular weight excluding hydrogens is 688 g/mol. The molecule has 9 atom stereocenters. The molecule has 5 aromatic rings. The van der Waals surface area contributed by atoms with Crippen LogP contribution in [-0.4, -0.2) is 96.9 Å². The zero-order chi connectivity index (χ0) is 32.0. The Labute approximate surface area is 268 Å². The van der Waals surface area contributed by atoms with E-state index in [2.05, 4.69) is 54.4 Å². The van der Waals surface area contributed by atoms with Crippen molar-refractivity contribution in [2.45, 2.75) is 37.0 Å². The van der Waals surface area contributed by atoms with Crippen LogP contribution < -0.4 is 0 Å². The third-order valence-electron chi connectivity index (χ3n) is 8.50. The Balaban J connectivity index is 1.11. The van der Waals surface area contributed by atoms with Gasteiger partial charge in [0.15, 0.2) is 28.6 Å². The summed E-state index contributed by atoms with van der Waals surface area (Å²) in [6.45, 7) is -8.81. The van der Waals surface area contributed by atoms with Crippen LogP contribution >= 0.6 is 38.1 Å². The van der Waals surface area contributed by atoms with Crippen LogP contribution in [-0.2, 0) is 32.0 Å². The number of aromatic nitrogens is 9. The molecule has 1 saturated carbocycles. The number of thiol groups is 2. The molecule has 8 rings (SSSR count). The lowest BCUT2D eigenvalue weighted by molar-refractivity contribution is -0.0463. The predicted molar refractivity (Wildman–Crippen MR) is 161 cm³/mol. The number of aromatic hydroxyl groups is 2. The van der Waals surface area contributed by atoms with Crippen LogP contribution in [0.15, 0.2) is 31.4 Å². The first kappa shape index (κ1) is 30.5. The van der Waals surface area contributed by atoms with E-state index in [-0.39, 0.29) is 65.3 Å². The summed E-state index contributed by atoms with van der Waals surface area (Å²) in [5, 5.41) is 31.8. The highest BCUT2D eigenvalue weighted by Crippen LogP contribution is 2.60. The van der Waals surface area contributed by atoms with Gasteiger partial charge in [-0.2, -0.15) is 9.97 Å². The molecule has 46 heavy (non-hydrogen) atoms. The molecule has 3 aliphatic rings. The van der Waals surface area contributed by atoms with Crippen LogP contribution in [0.3, 0.4) is 0 Å². The molecule has 19 nitrogen and oxygen atoms in total. The number of fused-ring (bicyclic) bond motifs is 7. The van der Waals surface area contributed by atoms with Gasteiger partial charge >= 0.3 is 13.6 Å². The summed E-state index contributed by atoms with van der Waals surface area (Å²) in [4.78, 5) is 24.6. The second kappa shape index (κ2) is 11.1. The van der Waals surface area contributed by atoms with Crippen LogP contribution in [0.5, 0.6) is 11.8 Å². The number of hydrogen-bond acceptors (Lipinski definition) is 16. The lowest BCUT2D eigenvalue weighted by Crippen LogP contribution is -2.43. The van der Waals surface area contributed by atoms with Crippen LogP contribution in [0.2, 0.25) is 0 Å². The maximum atomic E-state index is 13.6. The van der Waals surface area contributed by atoms with Crippen molar-refractivity contribution in [3.8, 4) is 11.8 Å². The van der Waals surface area contributed by atoms with Gasteiger partial charge in [0.1, 0.15) is 24.6 Å². The zero-order valence-corrected chi connectivity index (χ0v) is 26.8. The molecule has 2 bridgehead atoms. The van der Waals surface area contributed by atoms with E-state index in [0.717, 1.165) is 0 Å². The first-order chi connectivity index (χ1) is 22.0. The molecule has 244 valence electrons. The average Bonchev–Trinajstić information content (AvgIpc) is 3.78. The van der Waals surface area contributed by atoms with Gasteiger partial charge in [-0.15, -0.1) is 0 Å². The summed E-state index contributed by atoms with van der Waals surface area (Å²) in [7, 11) is 0. The lowest BCUT2D eigenvalue weighted by atomic mass is 9.70. The van der Waals surface area contributed by atoms with Crippen molar-refractivity contribution in [2.75, 3.05) is 19.8 Å². The smallest absolute Gasteiger partial charge is 0.386 e. The summed E-state index contributed by atoms with van der Waals surface area (Å²) in [5.41, 5.74) is 0.999. The Morgan fingerprint density at radius 1 is 0.891 bits per heavy atom. The number of hydrogen-bond donors (Lipinski definition) is 5. The molecule has 0 amide bonds. The second-order valence-electron chi connectivity index (χ2n) is 11.1. The van der Waals surface area contributed by atoms with E-state index in [1.807, 2.05) is 0 Å². The third-order valence-corrected chi connectivity index (χ3v) is 11.8. The van der Waals surface area contributed by atoms with Gasteiger partial charge in [0.05, 0.1) is 32.5 Å². The number of aliphatic hydroxyl groups is 1. The molecule has 7 heterocycles. The molecule has 2 aliphatic heterocycles. The minimum Gasteiger partial charge on any atom is -0.492 e. The summed E-state index contributed by atoms with van der Waals surface area (Å²) < 4.78 is 60.6. The van der Waals surface area contributed by atoms with Gasteiger partial charge in [0.2, 0.25) is 17.5 Å². The number of imidazole rings is 3. The Morgan fingerprint density at radius 3 is 2.50 bits per heavy atom. The van der Waals surface area contributed by atoms with E-state index in [1.54, 1.807) is 10.8 Å². The summed E-state index contributed by atoms with van der Waals surface area (Å²) >= 11 is 8.36. The minimum absolute atomic E-state index is 0.100. The van der Waals surface area contributed by atoms with Crippen molar-refractivity contribution in [3.63, 3.8) is 0 Å². The van der Waals surface area contributed by atoms with E-state index in [1.165, 1.54) is 34.1 Å². The first-order valence-electron chi connectivity index (χ1n) is 13.9. The van der Waals surface area contributed by atoms with Crippen LogP contribution in [0.4, 0.5) is 0 Å². The zero-order valence-electron chi connectivity index (χ0n) is 23.3. The van der Waals surface area contributed by atoms with Crippen LogP contribution in [0.1, 0.15) is 18.7 Å². The maximum Gasteiger partial charge on any atom is 0.386 e. The standard InChI is InChI=1S/C23H25N9O10P2S2/c33-16-13-6-40-43(36,45)39-5-11-10(3-12(11)31-8-27-14-18(31)25-7-26-19(14)34)4-38-44(37,46)42-17(16)22(41-13)32-9-28-15-20(35)29-23-24-1-2-30(23)21(15)32/h1-2,7-13,16-17,22,33H,3-6H2,(H,36,45)(H,37,46)(H,24,29,35)(H,25,26,34)/t10-,11-,12-,13-,16-,17-,22-,43?,44?/m1/s1. The predicted octanol–water partition coefficient (Wildman–Crippen LogP) is 2.29. The van der Waals surface area contributed by atoms with Crippen LogP contribution in [0, 0.1) is 11.8 Å². The molecule has 23 heteroatoms. The fourth-order valence-electron chi connectivity index (χ4n) is 6.20. The van der Waals surface area contributed by atoms with Crippen molar-refractivity contribution >= 4 is 66.2 Å². The Morgan fingerprint density at radius 2 is 1.65 bits per heavy atom. The summed E-state index contributed by atoms with van der Waals surface area (Å²) in [6.07, 6.45) is 2.38. The van der Waals surface area contributed by atoms with Crippen LogP contribution in [0.25, 0.3) is 28.1 Å². The van der Waals surface area contributed by atoms with Crippen molar-refractivity contribution in [1.82, 2.24) is 43.4 Å². The fourth-order valence-corrected chi connectivity index (χ4v) is 8.87. The number of nitrogens with zero attached hydrogens (tertiary/aromatic N) is 9. The molecule has 5 aromatic heterocycles. The molecule has 0 radical (unpaired) electrons. The largest absolute Gasteiger partial charge is 0.492 e. The first-order valence-corrected chi connectivity index (χ1v) is 19.2. The van der Waals surface area contributed by atoms with E-state index < -0.39 is 44.7 Å². The SMILES string of the molecule is O=P1(S)OC[C@@H]2[C@@H](COP(=O)(S)O[C@@H]3[C@H](O)[C@@H](CO1)O[C@H]3n1cnc3c(O)nc4nccn4c31)C[C@H]2n1cnc2c(O)ncnc21. The van der Waals surface area contributed by atoms with Gasteiger partial charge in [-0.3, -0.25) is 18.0 Å². The minimum atomic E-state index is -4.16. The third kappa shape index (κ3) is 5.09. The molecule has 3 fully saturated rings. The lowest BCUT2D eigenvalue weighted by Gasteiger charge is -2.45. The van der Waals surface area contributed by atoms with Gasteiger partial charge in [-0.25, -0.2) is 29.1 Å². The highest BCUT2D eigenvalue weighted by Gasteiger charge is 2.51. The normalized spacial score (nSPS) is 35.7. The Bertz CT molecular complexity index is 2080. The summed E-state index contributed by atoms with van der Waals surface area (Å²) in [6, 6.07) is -0.277. The Kier molecular flexibility index (Phi) is 7.37. The second-order valence-corrected chi connectivity index (χ2v) is 16.9. The van der Waals surface area contributed by atoms with Gasteiger partial charge in [-0.1, -0.05) is 24.5 Å². The molecule has 0 aromatic carbocycles. The highest BCUT2D eigenvalue weighted by molar-refractivity contribution is 8.44. The maximum absolute atomic E-state index is 13.6. The van der Waals surface area contributed by atoms with Crippen molar-refractivity contribution < 1.29 is 47.3 Å². The van der Waals surface area contributed by atoms with Crippen molar-refractivity contribution in [2.24, 2.45) is 11.8 Å². The van der Waals surface area contributed by atoms with E-state index >= 15 is 0 Å². The van der Waals surface area contributed by atoms with Crippen molar-refractivity contribution in [1.29, 1.82) is 0 Å². The number of ether oxygens (including phenoxy) is 1. The van der Waals surface area contributed by atoms with Gasteiger partial charge < -0.3 is 33.7 Å². The Hall–Kier alpha value is -2.84. The average molecular weight is 714 g/mol. The molecule has 2 unspecified atom stereocenters. The summed E-state index contributed by atoms with van der Waals surface area (Å²) in [5.74, 6) is -1.14. The molecular formula is C23H25N9O10P2S2. The quantitative estimate of drug-likeness (QED) is 0.130. The monoisotopic (exact) mass is 713 g/mol. The molecule has 2 saturated heterocycles. The number of aliphatic hydroxyl groups excluding tert-OH is 1. The van der Waals surface area contributed by atoms with E-state index in [0.29, 0.717) is 12.1 Å². The molecule has 1 aliphatic carbocycles. The van der Waals surface area contributed by atoms with Gasteiger partial charge in [0.25, 0.3) is 0 Å². The molecule has 0 spiro atoms. The van der Waals surface area contributed by atoms with Gasteiger partial charge in [-0.05, 0) is 12.3 Å². The topological polar surface area (TPSA) is 233 Å². The van der Waals surface area contributed by atoms with E-state index in [4.69, 9.17) is 22.8 Å². The van der Waals surface area contributed by atoms with E-state index in [9.17, 15) is 24.4 Å². The fraction of sp³-hybridized carbons (Fsp3) is 0.478. The number of rotatable bonds is 2.